The molecule has 0 aromatic heterocycles. The smallest absolute Gasteiger partial charge is 0.161 e. The van der Waals surface area contributed by atoms with Gasteiger partial charge >= 0.3 is 0 Å². The van der Waals surface area contributed by atoms with Gasteiger partial charge in [-0.2, -0.15) is 0 Å². The van der Waals surface area contributed by atoms with Crippen LogP contribution in [0.3, 0.4) is 0 Å². The summed E-state index contributed by atoms with van der Waals surface area (Å²) < 4.78 is 0. The van der Waals surface area contributed by atoms with Gasteiger partial charge in [0.25, 0.3) is 0 Å². The highest BCUT2D eigenvalue weighted by atomic mass is 16.3. The molecule has 4 aliphatic rings. The van der Waals surface area contributed by atoms with Gasteiger partial charge in [0.1, 0.15) is 5.60 Å². The third-order valence-corrected chi connectivity index (χ3v) is 8.70. The predicted octanol–water partition coefficient (Wildman–Crippen LogP) is 3.84. The molecule has 1 unspecified atom stereocenters. The standard InChI is InChI=1S/C21H30O3/c1-13(22)21(24)11-8-18-16-5-4-14-12-15(23)6-9-19(14,2)17(16)7-10-20(18,21)3/h12,16-18,24H,4-11H2,1-3H3/t16-,17+,18+,19?,20+,21+/m1/s1. The largest absolute Gasteiger partial charge is 0.382 e. The van der Waals surface area contributed by atoms with Gasteiger partial charge in [-0.1, -0.05) is 19.4 Å². The molecule has 3 heteroatoms. The first kappa shape index (κ1) is 16.5. The lowest BCUT2D eigenvalue weighted by Crippen LogP contribution is -2.57. The van der Waals surface area contributed by atoms with Gasteiger partial charge in [-0.3, -0.25) is 9.59 Å². The molecule has 0 aliphatic heterocycles. The van der Waals surface area contributed by atoms with Crippen molar-refractivity contribution in [1.82, 2.24) is 0 Å². The van der Waals surface area contributed by atoms with Crippen LogP contribution in [0.25, 0.3) is 0 Å². The molecule has 3 saturated carbocycles. The van der Waals surface area contributed by atoms with Crippen LogP contribution in [-0.4, -0.2) is 22.3 Å². The van der Waals surface area contributed by atoms with Gasteiger partial charge in [-0.15, -0.1) is 0 Å². The number of allylic oxidation sites excluding steroid dienone is 1. The Morgan fingerprint density at radius 1 is 1.08 bits per heavy atom. The summed E-state index contributed by atoms with van der Waals surface area (Å²) in [6.07, 6.45) is 9.37. The quantitative estimate of drug-likeness (QED) is 0.795. The number of fused-ring (bicyclic) bond motifs is 5. The summed E-state index contributed by atoms with van der Waals surface area (Å²) in [6, 6.07) is 0. The van der Waals surface area contributed by atoms with Crippen LogP contribution in [-0.2, 0) is 9.59 Å². The van der Waals surface area contributed by atoms with Crippen LogP contribution in [0.1, 0.15) is 72.1 Å². The van der Waals surface area contributed by atoms with Crippen molar-refractivity contribution in [1.29, 1.82) is 0 Å². The summed E-state index contributed by atoms with van der Waals surface area (Å²) in [5.41, 5.74) is 0.155. The van der Waals surface area contributed by atoms with E-state index in [2.05, 4.69) is 13.8 Å². The molecule has 6 atom stereocenters. The van der Waals surface area contributed by atoms with Crippen LogP contribution in [0.2, 0.25) is 0 Å². The van der Waals surface area contributed by atoms with Crippen LogP contribution < -0.4 is 0 Å². The van der Waals surface area contributed by atoms with Crippen molar-refractivity contribution in [3.63, 3.8) is 0 Å². The second kappa shape index (κ2) is 5.03. The molecule has 132 valence electrons. The average Bonchev–Trinajstić information content (AvgIpc) is 2.81. The summed E-state index contributed by atoms with van der Waals surface area (Å²) in [6.45, 7) is 6.10. The van der Waals surface area contributed by atoms with E-state index >= 15 is 0 Å². The summed E-state index contributed by atoms with van der Waals surface area (Å²) in [4.78, 5) is 24.1. The van der Waals surface area contributed by atoms with Gasteiger partial charge in [0.05, 0.1) is 0 Å². The van der Waals surface area contributed by atoms with E-state index in [1.807, 2.05) is 6.08 Å². The molecular formula is C21H30O3. The molecule has 0 aromatic carbocycles. The second-order valence-electron chi connectivity index (χ2n) is 9.38. The minimum Gasteiger partial charge on any atom is -0.382 e. The van der Waals surface area contributed by atoms with E-state index in [-0.39, 0.29) is 16.6 Å². The number of hydrogen-bond acceptors (Lipinski definition) is 3. The summed E-state index contributed by atoms with van der Waals surface area (Å²) in [5, 5.41) is 11.1. The molecule has 24 heavy (non-hydrogen) atoms. The number of rotatable bonds is 1. The molecule has 4 rings (SSSR count). The zero-order chi connectivity index (χ0) is 17.3. The fourth-order valence-electron chi connectivity index (χ4n) is 7.15. The van der Waals surface area contributed by atoms with E-state index in [9.17, 15) is 14.7 Å². The van der Waals surface area contributed by atoms with Crippen LogP contribution in [0.15, 0.2) is 11.6 Å². The zero-order valence-corrected chi connectivity index (χ0v) is 15.2. The van der Waals surface area contributed by atoms with Gasteiger partial charge < -0.3 is 5.11 Å². The number of hydrogen-bond donors (Lipinski definition) is 1. The van der Waals surface area contributed by atoms with Gasteiger partial charge in [0.15, 0.2) is 11.6 Å². The first-order valence-corrected chi connectivity index (χ1v) is 9.70. The molecule has 1 N–H and O–H groups in total. The van der Waals surface area contributed by atoms with E-state index in [0.29, 0.717) is 36.4 Å². The van der Waals surface area contributed by atoms with Crippen molar-refractivity contribution < 1.29 is 14.7 Å². The van der Waals surface area contributed by atoms with Gasteiger partial charge in [-0.25, -0.2) is 0 Å². The maximum Gasteiger partial charge on any atom is 0.161 e. The molecule has 0 spiro atoms. The Morgan fingerprint density at radius 3 is 2.50 bits per heavy atom. The van der Waals surface area contributed by atoms with Crippen LogP contribution in [0.5, 0.6) is 0 Å². The fourth-order valence-corrected chi connectivity index (χ4v) is 7.15. The molecule has 3 nitrogen and oxygen atoms in total. The Balaban J connectivity index is 1.70. The molecule has 0 heterocycles. The van der Waals surface area contributed by atoms with Crippen LogP contribution in [0, 0.1) is 28.6 Å². The Kier molecular flexibility index (Phi) is 3.46. The molecule has 3 fully saturated rings. The lowest BCUT2D eigenvalue weighted by molar-refractivity contribution is -0.160. The molecule has 0 saturated heterocycles. The molecule has 0 amide bonds. The Labute approximate surface area is 144 Å². The second-order valence-corrected chi connectivity index (χ2v) is 9.38. The van der Waals surface area contributed by atoms with Crippen LogP contribution >= 0.6 is 0 Å². The van der Waals surface area contributed by atoms with Crippen molar-refractivity contribution in [2.75, 3.05) is 0 Å². The topological polar surface area (TPSA) is 54.4 Å². The van der Waals surface area contributed by atoms with E-state index in [0.717, 1.165) is 38.5 Å². The van der Waals surface area contributed by atoms with E-state index in [4.69, 9.17) is 0 Å². The van der Waals surface area contributed by atoms with Crippen molar-refractivity contribution in [2.24, 2.45) is 28.6 Å². The predicted molar refractivity (Wildman–Crippen MR) is 92.3 cm³/mol. The first-order chi connectivity index (χ1) is 11.2. The maximum atomic E-state index is 12.2. The fraction of sp³-hybridized carbons (Fsp3) is 0.810. The number of ketones is 2. The summed E-state index contributed by atoms with van der Waals surface area (Å²) in [5.74, 6) is 1.90. The summed E-state index contributed by atoms with van der Waals surface area (Å²) >= 11 is 0. The third-order valence-electron chi connectivity index (χ3n) is 8.70. The average molecular weight is 330 g/mol. The van der Waals surface area contributed by atoms with E-state index < -0.39 is 5.60 Å². The highest BCUT2D eigenvalue weighted by Crippen LogP contribution is 2.67. The minimum atomic E-state index is -1.12. The number of aliphatic hydroxyl groups is 1. The molecule has 0 aromatic rings. The van der Waals surface area contributed by atoms with Crippen molar-refractivity contribution in [2.45, 2.75) is 77.7 Å². The molecule has 0 radical (unpaired) electrons. The monoisotopic (exact) mass is 330 g/mol. The third kappa shape index (κ3) is 1.88. The van der Waals surface area contributed by atoms with Gasteiger partial charge in [0, 0.05) is 11.8 Å². The lowest BCUT2D eigenvalue weighted by atomic mass is 9.46. The number of Topliss-reactive ketones (excluding diaryl/α,β-unsaturated/α-hetero) is 1. The Morgan fingerprint density at radius 2 is 1.79 bits per heavy atom. The number of carbonyl (C=O) groups excluding carboxylic acids is 2. The molecular weight excluding hydrogens is 300 g/mol. The van der Waals surface area contributed by atoms with Gasteiger partial charge in [-0.05, 0) is 81.1 Å². The first-order valence-electron chi connectivity index (χ1n) is 9.70. The highest BCUT2D eigenvalue weighted by Gasteiger charge is 2.65. The minimum absolute atomic E-state index is 0.0446. The normalized spacial score (nSPS) is 50.6. The molecule has 4 aliphatic carbocycles. The van der Waals surface area contributed by atoms with E-state index in [1.165, 1.54) is 5.57 Å². The Hall–Kier alpha value is -0.960. The lowest BCUT2D eigenvalue weighted by Gasteiger charge is -2.58. The number of carbonyl (C=O) groups is 2. The van der Waals surface area contributed by atoms with Crippen LogP contribution in [0.4, 0.5) is 0 Å². The van der Waals surface area contributed by atoms with Crippen molar-refractivity contribution in [3.05, 3.63) is 11.6 Å². The zero-order valence-electron chi connectivity index (χ0n) is 15.2. The van der Waals surface area contributed by atoms with E-state index in [1.54, 1.807) is 6.92 Å². The maximum absolute atomic E-state index is 12.2. The van der Waals surface area contributed by atoms with Crippen molar-refractivity contribution in [3.8, 4) is 0 Å². The summed E-state index contributed by atoms with van der Waals surface area (Å²) in [7, 11) is 0. The van der Waals surface area contributed by atoms with Crippen molar-refractivity contribution >= 4 is 11.6 Å². The highest BCUT2D eigenvalue weighted by molar-refractivity contribution is 5.91. The Bertz CT molecular complexity index is 635. The van der Waals surface area contributed by atoms with Gasteiger partial charge in [0.2, 0.25) is 0 Å². The SMILES string of the molecule is CC(=O)[C@@]1(O)CC[C@H]2[C@@H]3CCC4=CC(=O)CCC4(C)[C@H]3CC[C@@]21C. The molecule has 0 bridgehead atoms.